The Kier molecular flexibility index (Phi) is 3.63. The van der Waals surface area contributed by atoms with E-state index in [0.29, 0.717) is 34.9 Å². The van der Waals surface area contributed by atoms with Gasteiger partial charge in [0.2, 0.25) is 5.89 Å². The molecule has 3 aromatic heterocycles. The van der Waals surface area contributed by atoms with Gasteiger partial charge in [-0.25, -0.2) is 9.37 Å². The molecule has 0 saturated carbocycles. The molecule has 5 nitrogen and oxygen atoms in total. The molecule has 6 heteroatoms. The lowest BCUT2D eigenvalue weighted by Crippen LogP contribution is -2.03. The summed E-state index contributed by atoms with van der Waals surface area (Å²) in [6, 6.07) is 14.0. The summed E-state index contributed by atoms with van der Waals surface area (Å²) < 4.78 is 19.9. The maximum atomic E-state index is 14.3. The third-order valence-corrected chi connectivity index (χ3v) is 3.57. The Morgan fingerprint density at radius 2 is 1.92 bits per heavy atom. The number of anilines is 1. The number of aromatic nitrogens is 3. The molecule has 1 aromatic carbocycles. The minimum Gasteiger partial charge on any atom is -0.434 e. The van der Waals surface area contributed by atoms with Gasteiger partial charge in [0.15, 0.2) is 11.2 Å². The van der Waals surface area contributed by atoms with E-state index in [1.807, 2.05) is 18.2 Å². The zero-order chi connectivity index (χ0) is 16.4. The highest BCUT2D eigenvalue weighted by Crippen LogP contribution is 2.26. The van der Waals surface area contributed by atoms with Crippen molar-refractivity contribution >= 4 is 16.9 Å². The number of nitrogens with zero attached hydrogens (tertiary/aromatic N) is 3. The van der Waals surface area contributed by atoms with Crippen LogP contribution in [-0.4, -0.2) is 15.0 Å². The van der Waals surface area contributed by atoms with Crippen LogP contribution >= 0.6 is 0 Å². The summed E-state index contributed by atoms with van der Waals surface area (Å²) in [5.74, 6) is -0.0301. The van der Waals surface area contributed by atoms with E-state index in [-0.39, 0.29) is 5.82 Å². The van der Waals surface area contributed by atoms with E-state index >= 15 is 0 Å². The summed E-state index contributed by atoms with van der Waals surface area (Å²) in [5.41, 5.74) is 2.88. The van der Waals surface area contributed by atoms with Crippen molar-refractivity contribution in [3.63, 3.8) is 0 Å². The van der Waals surface area contributed by atoms with Crippen LogP contribution in [0.3, 0.4) is 0 Å². The topological polar surface area (TPSA) is 63.8 Å². The lowest BCUT2D eigenvalue weighted by Gasteiger charge is -2.07. The van der Waals surface area contributed by atoms with Crippen LogP contribution in [0, 0.1) is 5.82 Å². The van der Waals surface area contributed by atoms with Crippen LogP contribution in [0.15, 0.2) is 65.3 Å². The quantitative estimate of drug-likeness (QED) is 0.615. The molecule has 4 aromatic rings. The van der Waals surface area contributed by atoms with Crippen LogP contribution < -0.4 is 5.32 Å². The predicted molar refractivity (Wildman–Crippen MR) is 88.8 cm³/mol. The summed E-state index contributed by atoms with van der Waals surface area (Å²) in [6.07, 6.45) is 3.34. The summed E-state index contributed by atoms with van der Waals surface area (Å²) in [6.45, 7) is 0.448. The Bertz CT molecular complexity index is 952. The third-order valence-electron chi connectivity index (χ3n) is 3.57. The van der Waals surface area contributed by atoms with E-state index in [9.17, 15) is 4.39 Å². The Labute approximate surface area is 137 Å². The van der Waals surface area contributed by atoms with Crippen LogP contribution in [0.2, 0.25) is 0 Å². The lowest BCUT2D eigenvalue weighted by atomic mass is 10.2. The fraction of sp³-hybridized carbons (Fsp3) is 0.0556. The molecule has 118 valence electrons. The molecule has 0 saturated heterocycles. The normalized spacial score (nSPS) is 10.9. The Morgan fingerprint density at radius 1 is 1.00 bits per heavy atom. The van der Waals surface area contributed by atoms with Crippen molar-refractivity contribution in [2.45, 2.75) is 6.54 Å². The number of fused-ring (bicyclic) bond motifs is 1. The first-order chi connectivity index (χ1) is 11.8. The minimum atomic E-state index is -0.376. The van der Waals surface area contributed by atoms with Crippen molar-refractivity contribution in [1.82, 2.24) is 15.0 Å². The van der Waals surface area contributed by atoms with Gasteiger partial charge >= 0.3 is 0 Å². The second-order valence-electron chi connectivity index (χ2n) is 5.21. The smallest absolute Gasteiger partial charge is 0.228 e. The van der Waals surface area contributed by atoms with Crippen molar-refractivity contribution < 1.29 is 8.81 Å². The Morgan fingerprint density at radius 3 is 2.71 bits per heavy atom. The molecular formula is C18H13FN4O. The number of nitrogens with one attached hydrogen (secondary N) is 1. The van der Waals surface area contributed by atoms with Crippen LogP contribution in [0.25, 0.3) is 22.7 Å². The Hall–Kier alpha value is -3.28. The number of rotatable bonds is 4. The molecule has 24 heavy (non-hydrogen) atoms. The van der Waals surface area contributed by atoms with E-state index in [4.69, 9.17) is 4.42 Å². The molecule has 0 spiro atoms. The molecule has 0 bridgehead atoms. The van der Waals surface area contributed by atoms with Gasteiger partial charge in [0.1, 0.15) is 5.82 Å². The van der Waals surface area contributed by atoms with Crippen molar-refractivity contribution in [3.05, 3.63) is 72.4 Å². The highest BCUT2D eigenvalue weighted by molar-refractivity contribution is 5.72. The summed E-state index contributed by atoms with van der Waals surface area (Å²) in [5, 5.41) is 3.03. The first-order valence-electron chi connectivity index (χ1n) is 7.45. The Balaban J connectivity index is 1.57. The van der Waals surface area contributed by atoms with Gasteiger partial charge in [0, 0.05) is 18.0 Å². The van der Waals surface area contributed by atoms with Gasteiger partial charge in [-0.15, -0.1) is 0 Å². The molecule has 3 heterocycles. The summed E-state index contributed by atoms with van der Waals surface area (Å²) in [4.78, 5) is 12.6. The fourth-order valence-corrected chi connectivity index (χ4v) is 2.37. The van der Waals surface area contributed by atoms with E-state index in [0.717, 1.165) is 5.69 Å². The van der Waals surface area contributed by atoms with Crippen LogP contribution in [0.1, 0.15) is 5.69 Å². The average molecular weight is 320 g/mol. The molecule has 0 atom stereocenters. The first-order valence-corrected chi connectivity index (χ1v) is 7.45. The van der Waals surface area contributed by atoms with Gasteiger partial charge in [0.25, 0.3) is 0 Å². The van der Waals surface area contributed by atoms with Crippen molar-refractivity contribution in [1.29, 1.82) is 0 Å². The summed E-state index contributed by atoms with van der Waals surface area (Å²) in [7, 11) is 0. The van der Waals surface area contributed by atoms with Crippen molar-refractivity contribution in [3.8, 4) is 11.5 Å². The van der Waals surface area contributed by atoms with Crippen molar-refractivity contribution in [2.75, 3.05) is 5.32 Å². The molecule has 0 amide bonds. The number of hydrogen-bond acceptors (Lipinski definition) is 5. The van der Waals surface area contributed by atoms with Crippen LogP contribution in [0.4, 0.5) is 10.1 Å². The van der Waals surface area contributed by atoms with Gasteiger partial charge in [0.05, 0.1) is 17.9 Å². The minimum absolute atomic E-state index is 0.346. The average Bonchev–Trinajstić information content (AvgIpc) is 3.06. The second-order valence-corrected chi connectivity index (χ2v) is 5.21. The monoisotopic (exact) mass is 320 g/mol. The molecule has 0 aliphatic carbocycles. The summed E-state index contributed by atoms with van der Waals surface area (Å²) >= 11 is 0. The van der Waals surface area contributed by atoms with E-state index < -0.39 is 0 Å². The predicted octanol–water partition coefficient (Wildman–Crippen LogP) is 4.04. The highest BCUT2D eigenvalue weighted by Gasteiger charge is 2.11. The first kappa shape index (κ1) is 14.3. The molecular weight excluding hydrogens is 307 g/mol. The zero-order valence-electron chi connectivity index (χ0n) is 12.6. The van der Waals surface area contributed by atoms with E-state index in [2.05, 4.69) is 20.3 Å². The maximum absolute atomic E-state index is 14.3. The van der Waals surface area contributed by atoms with Crippen LogP contribution in [0.5, 0.6) is 0 Å². The molecule has 4 rings (SSSR count). The molecule has 0 aliphatic rings. The van der Waals surface area contributed by atoms with Crippen LogP contribution in [-0.2, 0) is 6.54 Å². The number of hydrogen-bond donors (Lipinski definition) is 1. The second kappa shape index (κ2) is 6.08. The zero-order valence-corrected chi connectivity index (χ0v) is 12.6. The fourth-order valence-electron chi connectivity index (χ4n) is 2.37. The van der Waals surface area contributed by atoms with Gasteiger partial charge in [-0.05, 0) is 42.5 Å². The van der Waals surface area contributed by atoms with Gasteiger partial charge < -0.3 is 9.73 Å². The van der Waals surface area contributed by atoms with E-state index in [1.54, 1.807) is 36.7 Å². The van der Waals surface area contributed by atoms with Gasteiger partial charge in [-0.2, -0.15) is 4.98 Å². The lowest BCUT2D eigenvalue weighted by molar-refractivity contribution is 0.612. The third kappa shape index (κ3) is 2.81. The molecule has 1 N–H and O–H groups in total. The number of benzene rings is 1. The number of pyridine rings is 2. The maximum Gasteiger partial charge on any atom is 0.228 e. The standard InChI is InChI=1S/C18H13FN4O/c19-14-10-12(18-23-17-16(24-18)5-3-9-21-17)6-7-15(14)22-11-13-4-1-2-8-20-13/h1-10,22H,11H2. The van der Waals surface area contributed by atoms with Gasteiger partial charge in [-0.1, -0.05) is 6.07 Å². The number of halogens is 1. The largest absolute Gasteiger partial charge is 0.434 e. The van der Waals surface area contributed by atoms with Gasteiger partial charge in [-0.3, -0.25) is 4.98 Å². The molecule has 0 aliphatic heterocycles. The number of oxazole rings is 1. The van der Waals surface area contributed by atoms with Crippen molar-refractivity contribution in [2.24, 2.45) is 0 Å². The molecule has 0 radical (unpaired) electrons. The molecule has 0 unspecified atom stereocenters. The SMILES string of the molecule is Fc1cc(-c2nc3ncccc3o2)ccc1NCc1ccccn1. The highest BCUT2D eigenvalue weighted by atomic mass is 19.1. The molecule has 0 fully saturated rings. The van der Waals surface area contributed by atoms with E-state index in [1.165, 1.54) is 6.07 Å².